The van der Waals surface area contributed by atoms with Crippen molar-refractivity contribution in [2.45, 2.75) is 6.92 Å². The van der Waals surface area contributed by atoms with Gasteiger partial charge in [0.1, 0.15) is 5.75 Å². The van der Waals surface area contributed by atoms with Gasteiger partial charge in [0.05, 0.1) is 10.7 Å². The molecule has 1 heterocycles. The summed E-state index contributed by atoms with van der Waals surface area (Å²) >= 11 is 4.93. The third kappa shape index (κ3) is 2.39. The van der Waals surface area contributed by atoms with Crippen LogP contribution in [0.25, 0.3) is 0 Å². The molecule has 0 saturated heterocycles. The number of ether oxygens (including phenoxy) is 1. The van der Waals surface area contributed by atoms with Crippen LogP contribution < -0.4 is 15.4 Å². The maximum absolute atomic E-state index is 11.8. The zero-order chi connectivity index (χ0) is 12.4. The number of thiocarbonyl (C=S) groups is 1. The Labute approximate surface area is 105 Å². The topological polar surface area (TPSA) is 55.6 Å². The predicted molar refractivity (Wildman–Crippen MR) is 70.2 cm³/mol. The average Bonchev–Trinajstić information content (AvgIpc) is 2.32. The number of rotatable bonds is 3. The highest BCUT2D eigenvalue weighted by Crippen LogP contribution is 2.31. The fourth-order valence-electron chi connectivity index (χ4n) is 1.72. The number of hydrogen-bond donors (Lipinski definition) is 1. The van der Waals surface area contributed by atoms with Crippen molar-refractivity contribution < 1.29 is 9.53 Å². The van der Waals surface area contributed by atoms with Crippen LogP contribution in [0.15, 0.2) is 24.3 Å². The van der Waals surface area contributed by atoms with Crippen molar-refractivity contribution in [2.24, 2.45) is 11.7 Å². The molecule has 0 saturated carbocycles. The number of nitrogens with zero attached hydrogens (tertiary/aromatic N) is 1. The maximum atomic E-state index is 11.8. The SMILES string of the molecule is CC(CN1C(=O)COc2ccccc21)C(N)=S. The molecule has 1 atom stereocenters. The first kappa shape index (κ1) is 11.9. The lowest BCUT2D eigenvalue weighted by Crippen LogP contribution is -2.43. The molecule has 0 aliphatic carbocycles. The summed E-state index contributed by atoms with van der Waals surface area (Å²) in [6, 6.07) is 7.46. The van der Waals surface area contributed by atoms with Crippen molar-refractivity contribution in [1.82, 2.24) is 0 Å². The third-order valence-electron chi connectivity index (χ3n) is 2.75. The Morgan fingerprint density at radius 1 is 1.59 bits per heavy atom. The summed E-state index contributed by atoms with van der Waals surface area (Å²) in [6.07, 6.45) is 0. The van der Waals surface area contributed by atoms with Gasteiger partial charge in [-0.25, -0.2) is 0 Å². The largest absolute Gasteiger partial charge is 0.482 e. The van der Waals surface area contributed by atoms with Crippen molar-refractivity contribution in [3.05, 3.63) is 24.3 Å². The number of hydrogen-bond acceptors (Lipinski definition) is 3. The molecule has 1 unspecified atom stereocenters. The van der Waals surface area contributed by atoms with Crippen LogP contribution >= 0.6 is 12.2 Å². The molecule has 1 amide bonds. The van der Waals surface area contributed by atoms with E-state index in [2.05, 4.69) is 0 Å². The van der Waals surface area contributed by atoms with E-state index in [1.807, 2.05) is 31.2 Å². The first-order chi connectivity index (χ1) is 8.09. The summed E-state index contributed by atoms with van der Waals surface area (Å²) in [5, 5.41) is 0. The molecular formula is C12H14N2O2S. The fourth-order valence-corrected chi connectivity index (χ4v) is 1.79. The van der Waals surface area contributed by atoms with Gasteiger partial charge in [-0.2, -0.15) is 0 Å². The van der Waals surface area contributed by atoms with Gasteiger partial charge < -0.3 is 15.4 Å². The highest BCUT2D eigenvalue weighted by Gasteiger charge is 2.26. The van der Waals surface area contributed by atoms with Gasteiger partial charge in [0.15, 0.2) is 6.61 Å². The van der Waals surface area contributed by atoms with Crippen molar-refractivity contribution in [1.29, 1.82) is 0 Å². The Hall–Kier alpha value is -1.62. The number of carbonyl (C=O) groups excluding carboxylic acids is 1. The highest BCUT2D eigenvalue weighted by molar-refractivity contribution is 7.80. The van der Waals surface area contributed by atoms with Crippen LogP contribution in [0.5, 0.6) is 5.75 Å². The molecule has 2 rings (SSSR count). The Balaban J connectivity index is 2.27. The first-order valence-electron chi connectivity index (χ1n) is 5.41. The zero-order valence-electron chi connectivity index (χ0n) is 9.55. The monoisotopic (exact) mass is 250 g/mol. The number of carbonyl (C=O) groups is 1. The van der Waals surface area contributed by atoms with E-state index in [1.54, 1.807) is 4.90 Å². The van der Waals surface area contributed by atoms with E-state index >= 15 is 0 Å². The Morgan fingerprint density at radius 2 is 2.29 bits per heavy atom. The van der Waals surface area contributed by atoms with Gasteiger partial charge in [0, 0.05) is 12.5 Å². The van der Waals surface area contributed by atoms with Gasteiger partial charge in [-0.05, 0) is 12.1 Å². The van der Waals surface area contributed by atoms with Crippen molar-refractivity contribution in [3.63, 3.8) is 0 Å². The molecule has 0 aromatic heterocycles. The van der Waals surface area contributed by atoms with Gasteiger partial charge in [0.2, 0.25) is 0 Å². The van der Waals surface area contributed by atoms with E-state index in [1.165, 1.54) is 0 Å². The van der Waals surface area contributed by atoms with Crippen LogP contribution in [0.1, 0.15) is 6.92 Å². The van der Waals surface area contributed by atoms with Gasteiger partial charge in [-0.15, -0.1) is 0 Å². The standard InChI is InChI=1S/C12H14N2O2S/c1-8(12(13)17)6-14-9-4-2-3-5-10(9)16-7-11(14)15/h2-5,8H,6-7H2,1H3,(H2,13,17). The van der Waals surface area contributed by atoms with E-state index in [4.69, 9.17) is 22.7 Å². The quantitative estimate of drug-likeness (QED) is 0.822. The summed E-state index contributed by atoms with van der Waals surface area (Å²) in [7, 11) is 0. The van der Waals surface area contributed by atoms with E-state index in [0.29, 0.717) is 11.5 Å². The van der Waals surface area contributed by atoms with Crippen molar-refractivity contribution in [3.8, 4) is 5.75 Å². The van der Waals surface area contributed by atoms with Crippen LogP contribution in [0.3, 0.4) is 0 Å². The number of nitrogens with two attached hydrogens (primary N) is 1. The summed E-state index contributed by atoms with van der Waals surface area (Å²) in [5.41, 5.74) is 6.36. The molecule has 0 spiro atoms. The molecule has 90 valence electrons. The van der Waals surface area contributed by atoms with Crippen LogP contribution in [-0.2, 0) is 4.79 Å². The maximum Gasteiger partial charge on any atom is 0.265 e. The molecule has 1 aromatic carbocycles. The van der Waals surface area contributed by atoms with E-state index in [9.17, 15) is 4.79 Å². The Bertz CT molecular complexity index is 462. The lowest BCUT2D eigenvalue weighted by molar-refractivity contribution is -0.121. The smallest absolute Gasteiger partial charge is 0.265 e. The van der Waals surface area contributed by atoms with E-state index < -0.39 is 0 Å². The number of amides is 1. The van der Waals surface area contributed by atoms with Crippen LogP contribution in [0, 0.1) is 5.92 Å². The Kier molecular flexibility index (Phi) is 3.28. The lowest BCUT2D eigenvalue weighted by atomic mass is 10.1. The Morgan fingerprint density at radius 3 is 3.00 bits per heavy atom. The van der Waals surface area contributed by atoms with Crippen molar-refractivity contribution >= 4 is 28.8 Å². The second-order valence-electron chi connectivity index (χ2n) is 4.06. The molecule has 1 aromatic rings. The van der Waals surface area contributed by atoms with Gasteiger partial charge in [-0.1, -0.05) is 31.3 Å². The van der Waals surface area contributed by atoms with Crippen LogP contribution in [0.4, 0.5) is 5.69 Å². The molecule has 0 bridgehead atoms. The van der Waals surface area contributed by atoms with Gasteiger partial charge in [-0.3, -0.25) is 4.79 Å². The van der Waals surface area contributed by atoms with Crippen LogP contribution in [0.2, 0.25) is 0 Å². The average molecular weight is 250 g/mol. The fraction of sp³-hybridized carbons (Fsp3) is 0.333. The molecule has 1 aliphatic rings. The van der Waals surface area contributed by atoms with Gasteiger partial charge in [0.25, 0.3) is 5.91 Å². The van der Waals surface area contributed by atoms with Gasteiger partial charge >= 0.3 is 0 Å². The molecule has 1 aliphatic heterocycles. The molecule has 2 N–H and O–H groups in total. The molecular weight excluding hydrogens is 236 g/mol. The normalized spacial score (nSPS) is 16.1. The first-order valence-corrected chi connectivity index (χ1v) is 5.82. The summed E-state index contributed by atoms with van der Waals surface area (Å²) in [4.78, 5) is 13.9. The minimum Gasteiger partial charge on any atom is -0.482 e. The minimum atomic E-state index is -0.0631. The summed E-state index contributed by atoms with van der Waals surface area (Å²) in [5.74, 6) is 0.647. The molecule has 17 heavy (non-hydrogen) atoms. The number of benzene rings is 1. The zero-order valence-corrected chi connectivity index (χ0v) is 10.4. The third-order valence-corrected chi connectivity index (χ3v) is 3.15. The lowest BCUT2D eigenvalue weighted by Gasteiger charge is -2.31. The van der Waals surface area contributed by atoms with E-state index in [-0.39, 0.29) is 18.4 Å². The molecule has 0 fully saturated rings. The second-order valence-corrected chi connectivity index (χ2v) is 4.54. The number of anilines is 1. The summed E-state index contributed by atoms with van der Waals surface area (Å²) < 4.78 is 5.35. The minimum absolute atomic E-state index is 0.0138. The highest BCUT2D eigenvalue weighted by atomic mass is 32.1. The summed E-state index contributed by atoms with van der Waals surface area (Å²) in [6.45, 7) is 2.48. The molecule has 5 heteroatoms. The molecule has 4 nitrogen and oxygen atoms in total. The second kappa shape index (κ2) is 4.71. The van der Waals surface area contributed by atoms with Crippen molar-refractivity contribution in [2.75, 3.05) is 18.1 Å². The molecule has 0 radical (unpaired) electrons. The van der Waals surface area contributed by atoms with E-state index in [0.717, 1.165) is 11.4 Å². The predicted octanol–water partition coefficient (Wildman–Crippen LogP) is 1.33. The number of para-hydroxylation sites is 2. The number of fused-ring (bicyclic) bond motifs is 1. The van der Waals surface area contributed by atoms with Crippen LogP contribution in [-0.4, -0.2) is 24.0 Å².